The van der Waals surface area contributed by atoms with Crippen LogP contribution < -0.4 is 5.73 Å². The Morgan fingerprint density at radius 2 is 1.75 bits per heavy atom. The van der Waals surface area contributed by atoms with E-state index in [1.807, 2.05) is 0 Å². The van der Waals surface area contributed by atoms with Crippen LogP contribution in [0.15, 0.2) is 24.3 Å². The monoisotopic (exact) mass is 221 g/mol. The van der Waals surface area contributed by atoms with Gasteiger partial charge in [-0.05, 0) is 39.0 Å². The molecular formula is C12H15NO3. The lowest BCUT2D eigenvalue weighted by Crippen LogP contribution is -2.24. The highest BCUT2D eigenvalue weighted by Gasteiger charge is 2.18. The standard InChI is InChI=1S/C12H15NO3/c1-12(2,3)16-11(15)9-6-4-5-8(7-9)10(13)14/h4-7H,1-3H3,(H2,13,14). The van der Waals surface area contributed by atoms with Crippen molar-refractivity contribution in [2.75, 3.05) is 0 Å². The Hall–Kier alpha value is -1.84. The molecule has 0 fully saturated rings. The van der Waals surface area contributed by atoms with Crippen LogP contribution in [-0.4, -0.2) is 17.5 Å². The summed E-state index contributed by atoms with van der Waals surface area (Å²) in [6, 6.07) is 6.16. The first-order chi connectivity index (χ1) is 7.29. The third kappa shape index (κ3) is 3.38. The summed E-state index contributed by atoms with van der Waals surface area (Å²) in [5.41, 5.74) is 5.18. The molecular weight excluding hydrogens is 206 g/mol. The Morgan fingerprint density at radius 3 is 2.25 bits per heavy atom. The van der Waals surface area contributed by atoms with Crippen molar-refractivity contribution < 1.29 is 14.3 Å². The van der Waals surface area contributed by atoms with Gasteiger partial charge in [0.2, 0.25) is 5.91 Å². The summed E-state index contributed by atoms with van der Waals surface area (Å²) >= 11 is 0. The summed E-state index contributed by atoms with van der Waals surface area (Å²) in [4.78, 5) is 22.6. The molecule has 0 bridgehead atoms. The van der Waals surface area contributed by atoms with Gasteiger partial charge in [0.25, 0.3) is 0 Å². The van der Waals surface area contributed by atoms with E-state index in [2.05, 4.69) is 0 Å². The Labute approximate surface area is 94.4 Å². The van der Waals surface area contributed by atoms with E-state index in [-0.39, 0.29) is 0 Å². The summed E-state index contributed by atoms with van der Waals surface area (Å²) in [5, 5.41) is 0. The zero-order chi connectivity index (χ0) is 12.3. The first-order valence-electron chi connectivity index (χ1n) is 4.93. The van der Waals surface area contributed by atoms with Crippen LogP contribution in [-0.2, 0) is 4.74 Å². The van der Waals surface area contributed by atoms with Crippen molar-refractivity contribution in [3.05, 3.63) is 35.4 Å². The summed E-state index contributed by atoms with van der Waals surface area (Å²) in [5.74, 6) is -1.03. The number of amides is 1. The van der Waals surface area contributed by atoms with Gasteiger partial charge in [-0.25, -0.2) is 4.79 Å². The summed E-state index contributed by atoms with van der Waals surface area (Å²) in [6.07, 6.45) is 0. The van der Waals surface area contributed by atoms with Gasteiger partial charge < -0.3 is 10.5 Å². The molecule has 0 aliphatic carbocycles. The number of esters is 1. The third-order valence-corrected chi connectivity index (χ3v) is 1.78. The fourth-order valence-corrected chi connectivity index (χ4v) is 1.14. The summed E-state index contributed by atoms with van der Waals surface area (Å²) in [6.45, 7) is 5.34. The number of hydrogen-bond donors (Lipinski definition) is 1. The van der Waals surface area contributed by atoms with Crippen molar-refractivity contribution in [2.24, 2.45) is 5.73 Å². The lowest BCUT2D eigenvalue weighted by Gasteiger charge is -2.19. The zero-order valence-corrected chi connectivity index (χ0v) is 9.61. The molecule has 0 saturated carbocycles. The molecule has 2 N–H and O–H groups in total. The quantitative estimate of drug-likeness (QED) is 0.773. The van der Waals surface area contributed by atoms with Crippen molar-refractivity contribution in [2.45, 2.75) is 26.4 Å². The second kappa shape index (κ2) is 4.35. The SMILES string of the molecule is CC(C)(C)OC(=O)c1cccc(C(N)=O)c1. The molecule has 0 aromatic heterocycles. The van der Waals surface area contributed by atoms with Crippen molar-refractivity contribution >= 4 is 11.9 Å². The Bertz CT molecular complexity index is 419. The van der Waals surface area contributed by atoms with Crippen LogP contribution in [0.4, 0.5) is 0 Å². The first-order valence-corrected chi connectivity index (χ1v) is 4.93. The number of hydrogen-bond acceptors (Lipinski definition) is 3. The Balaban J connectivity index is 2.92. The van der Waals surface area contributed by atoms with Gasteiger partial charge in [0, 0.05) is 5.56 Å². The number of rotatable bonds is 2. The molecule has 4 nitrogen and oxygen atoms in total. The van der Waals surface area contributed by atoms with E-state index >= 15 is 0 Å². The smallest absolute Gasteiger partial charge is 0.338 e. The molecule has 0 aliphatic rings. The maximum Gasteiger partial charge on any atom is 0.338 e. The predicted octanol–water partition coefficient (Wildman–Crippen LogP) is 1.74. The van der Waals surface area contributed by atoms with Gasteiger partial charge in [0.05, 0.1) is 5.56 Å². The van der Waals surface area contributed by atoms with Crippen LogP contribution in [0.5, 0.6) is 0 Å². The third-order valence-electron chi connectivity index (χ3n) is 1.78. The van der Waals surface area contributed by atoms with Crippen LogP contribution in [0.1, 0.15) is 41.5 Å². The highest BCUT2D eigenvalue weighted by molar-refractivity contribution is 5.97. The van der Waals surface area contributed by atoms with E-state index in [1.54, 1.807) is 39.0 Å². The summed E-state index contributed by atoms with van der Waals surface area (Å²) < 4.78 is 5.17. The first kappa shape index (κ1) is 12.2. The van der Waals surface area contributed by atoms with Crippen molar-refractivity contribution in [1.82, 2.24) is 0 Å². The maximum atomic E-state index is 11.7. The average molecular weight is 221 g/mol. The summed E-state index contributed by atoms with van der Waals surface area (Å²) in [7, 11) is 0. The van der Waals surface area contributed by atoms with Crippen LogP contribution in [0, 0.1) is 0 Å². The largest absolute Gasteiger partial charge is 0.456 e. The molecule has 86 valence electrons. The van der Waals surface area contributed by atoms with E-state index in [0.29, 0.717) is 11.1 Å². The highest BCUT2D eigenvalue weighted by Crippen LogP contribution is 2.13. The van der Waals surface area contributed by atoms with E-state index in [0.717, 1.165) is 0 Å². The molecule has 0 saturated heterocycles. The number of nitrogens with two attached hydrogens (primary N) is 1. The number of carbonyl (C=O) groups excluding carboxylic acids is 2. The second-order valence-corrected chi connectivity index (χ2v) is 4.45. The van der Waals surface area contributed by atoms with Crippen molar-refractivity contribution in [3.8, 4) is 0 Å². The topological polar surface area (TPSA) is 69.4 Å². The molecule has 1 amide bonds. The number of benzene rings is 1. The Kier molecular flexibility index (Phi) is 3.32. The molecule has 0 radical (unpaired) electrons. The fourth-order valence-electron chi connectivity index (χ4n) is 1.14. The predicted molar refractivity (Wildman–Crippen MR) is 60.1 cm³/mol. The molecule has 0 heterocycles. The normalized spacial score (nSPS) is 10.9. The van der Waals surface area contributed by atoms with Gasteiger partial charge in [0.1, 0.15) is 5.60 Å². The Morgan fingerprint density at radius 1 is 1.19 bits per heavy atom. The average Bonchev–Trinajstić information content (AvgIpc) is 2.15. The van der Waals surface area contributed by atoms with Gasteiger partial charge >= 0.3 is 5.97 Å². The van der Waals surface area contributed by atoms with Crippen LogP contribution >= 0.6 is 0 Å². The molecule has 0 atom stereocenters. The van der Waals surface area contributed by atoms with E-state index in [4.69, 9.17) is 10.5 Å². The molecule has 0 spiro atoms. The molecule has 1 aromatic rings. The van der Waals surface area contributed by atoms with Crippen LogP contribution in [0.3, 0.4) is 0 Å². The van der Waals surface area contributed by atoms with Gasteiger partial charge in [-0.15, -0.1) is 0 Å². The molecule has 4 heteroatoms. The van der Waals surface area contributed by atoms with Gasteiger partial charge in [0.15, 0.2) is 0 Å². The lowest BCUT2D eigenvalue weighted by atomic mass is 10.1. The number of carbonyl (C=O) groups is 2. The number of primary amides is 1. The zero-order valence-electron chi connectivity index (χ0n) is 9.61. The molecule has 16 heavy (non-hydrogen) atoms. The minimum Gasteiger partial charge on any atom is -0.456 e. The van der Waals surface area contributed by atoms with E-state index in [9.17, 15) is 9.59 Å². The lowest BCUT2D eigenvalue weighted by molar-refractivity contribution is 0.00695. The van der Waals surface area contributed by atoms with Crippen molar-refractivity contribution in [3.63, 3.8) is 0 Å². The maximum absolute atomic E-state index is 11.7. The van der Waals surface area contributed by atoms with E-state index in [1.165, 1.54) is 6.07 Å². The van der Waals surface area contributed by atoms with Gasteiger partial charge in [-0.1, -0.05) is 6.07 Å². The fraction of sp³-hybridized carbons (Fsp3) is 0.333. The molecule has 0 aliphatic heterocycles. The minimum absolute atomic E-state index is 0.295. The number of ether oxygens (including phenoxy) is 1. The second-order valence-electron chi connectivity index (χ2n) is 4.45. The van der Waals surface area contributed by atoms with Crippen LogP contribution in [0.25, 0.3) is 0 Å². The minimum atomic E-state index is -0.564. The van der Waals surface area contributed by atoms with Gasteiger partial charge in [-0.3, -0.25) is 4.79 Å². The molecule has 1 aromatic carbocycles. The van der Waals surface area contributed by atoms with Crippen LogP contribution in [0.2, 0.25) is 0 Å². The molecule has 1 rings (SSSR count). The highest BCUT2D eigenvalue weighted by atomic mass is 16.6. The molecule has 0 unspecified atom stereocenters. The van der Waals surface area contributed by atoms with Crippen molar-refractivity contribution in [1.29, 1.82) is 0 Å². The van der Waals surface area contributed by atoms with Gasteiger partial charge in [-0.2, -0.15) is 0 Å². The van der Waals surface area contributed by atoms with E-state index < -0.39 is 17.5 Å².